The van der Waals surface area contributed by atoms with Crippen LogP contribution in [0.25, 0.3) is 0 Å². The average molecular weight is 318 g/mol. The first-order valence-electron chi connectivity index (χ1n) is 9.01. The molecule has 1 aromatic rings. The predicted octanol–water partition coefficient (Wildman–Crippen LogP) is 2.90. The summed E-state index contributed by atoms with van der Waals surface area (Å²) in [6.07, 6.45) is 5.12. The van der Waals surface area contributed by atoms with Crippen LogP contribution in [-0.2, 0) is 11.3 Å². The minimum atomic E-state index is -0.124. The van der Waals surface area contributed by atoms with E-state index in [1.165, 1.54) is 44.8 Å². The first kappa shape index (κ1) is 15.6. The van der Waals surface area contributed by atoms with E-state index in [0.717, 1.165) is 38.4 Å². The van der Waals surface area contributed by atoms with Gasteiger partial charge in [0.25, 0.3) is 0 Å². The van der Waals surface area contributed by atoms with Crippen LogP contribution < -0.4 is 0 Å². The quantitative estimate of drug-likeness (QED) is 0.852. The van der Waals surface area contributed by atoms with E-state index >= 15 is 0 Å². The fourth-order valence-electron chi connectivity index (χ4n) is 4.58. The molecule has 4 heteroatoms. The maximum atomic E-state index is 13.3. The van der Waals surface area contributed by atoms with Crippen LogP contribution in [-0.4, -0.2) is 55.2 Å². The molecular formula is C19H27FN2O. The van der Waals surface area contributed by atoms with Crippen LogP contribution in [0.2, 0.25) is 0 Å². The second-order valence-corrected chi connectivity index (χ2v) is 7.64. The van der Waals surface area contributed by atoms with Crippen LogP contribution in [0.1, 0.15) is 31.2 Å². The van der Waals surface area contributed by atoms with E-state index < -0.39 is 0 Å². The molecule has 3 saturated heterocycles. The highest BCUT2D eigenvalue weighted by molar-refractivity contribution is 5.16. The molecule has 0 amide bonds. The number of halogens is 1. The summed E-state index contributed by atoms with van der Waals surface area (Å²) in [4.78, 5) is 5.16. The van der Waals surface area contributed by atoms with Crippen molar-refractivity contribution >= 4 is 0 Å². The van der Waals surface area contributed by atoms with Crippen LogP contribution in [0, 0.1) is 11.2 Å². The summed E-state index contributed by atoms with van der Waals surface area (Å²) in [5.41, 5.74) is 1.62. The lowest BCUT2D eigenvalue weighted by Gasteiger charge is -2.40. The summed E-state index contributed by atoms with van der Waals surface area (Å²) in [6, 6.07) is 7.70. The largest absolute Gasteiger partial charge is 0.380 e. The van der Waals surface area contributed by atoms with Crippen molar-refractivity contribution in [3.8, 4) is 0 Å². The Balaban J connectivity index is 1.30. The van der Waals surface area contributed by atoms with Crippen LogP contribution in [0.5, 0.6) is 0 Å². The highest BCUT2D eigenvalue weighted by Gasteiger charge is 2.42. The monoisotopic (exact) mass is 318 g/mol. The van der Waals surface area contributed by atoms with E-state index in [9.17, 15) is 4.39 Å². The molecule has 3 aliphatic rings. The predicted molar refractivity (Wildman–Crippen MR) is 88.8 cm³/mol. The number of hydrogen-bond donors (Lipinski definition) is 0. The maximum absolute atomic E-state index is 13.3. The first-order chi connectivity index (χ1) is 11.2. The fraction of sp³-hybridized carbons (Fsp3) is 0.684. The Hall–Kier alpha value is -0.970. The molecule has 0 N–H and O–H groups in total. The maximum Gasteiger partial charge on any atom is 0.123 e. The Morgan fingerprint density at radius 3 is 2.74 bits per heavy atom. The van der Waals surface area contributed by atoms with E-state index in [1.54, 1.807) is 6.07 Å². The molecule has 0 aromatic heterocycles. The molecule has 0 saturated carbocycles. The summed E-state index contributed by atoms with van der Waals surface area (Å²) < 4.78 is 18.9. The number of benzene rings is 1. The number of likely N-dealkylation sites (tertiary alicyclic amines) is 2. The Morgan fingerprint density at radius 2 is 2.00 bits per heavy atom. The van der Waals surface area contributed by atoms with Crippen LogP contribution in [0.4, 0.5) is 4.39 Å². The summed E-state index contributed by atoms with van der Waals surface area (Å²) >= 11 is 0. The number of nitrogens with zero attached hydrogens (tertiary/aromatic N) is 2. The molecule has 0 aliphatic carbocycles. The third-order valence-corrected chi connectivity index (χ3v) is 6.10. The normalized spacial score (nSPS) is 28.7. The van der Waals surface area contributed by atoms with Crippen molar-refractivity contribution in [1.82, 2.24) is 9.80 Å². The molecule has 3 heterocycles. The Morgan fingerprint density at radius 1 is 1.17 bits per heavy atom. The zero-order chi connectivity index (χ0) is 15.7. The lowest BCUT2D eigenvalue weighted by molar-refractivity contribution is 0.0924. The molecular weight excluding hydrogens is 291 g/mol. The van der Waals surface area contributed by atoms with Gasteiger partial charge < -0.3 is 4.74 Å². The number of hydrogen-bond acceptors (Lipinski definition) is 3. The first-order valence-corrected chi connectivity index (χ1v) is 9.01. The van der Waals surface area contributed by atoms with Gasteiger partial charge in [0.2, 0.25) is 0 Å². The zero-order valence-corrected chi connectivity index (χ0v) is 13.8. The third-order valence-electron chi connectivity index (χ3n) is 6.10. The minimum absolute atomic E-state index is 0.124. The van der Waals surface area contributed by atoms with Crippen molar-refractivity contribution in [2.45, 2.75) is 38.3 Å². The van der Waals surface area contributed by atoms with Gasteiger partial charge in [-0.15, -0.1) is 0 Å². The van der Waals surface area contributed by atoms with Gasteiger partial charge in [0, 0.05) is 25.7 Å². The molecule has 3 fully saturated rings. The molecule has 126 valence electrons. The number of rotatable bonds is 3. The van der Waals surface area contributed by atoms with Gasteiger partial charge in [-0.25, -0.2) is 4.39 Å². The highest BCUT2D eigenvalue weighted by atomic mass is 19.1. The molecule has 3 nitrogen and oxygen atoms in total. The molecule has 1 spiro atoms. The van der Waals surface area contributed by atoms with E-state index in [2.05, 4.69) is 9.80 Å². The molecule has 1 aromatic carbocycles. The Labute approximate surface area is 138 Å². The van der Waals surface area contributed by atoms with Crippen LogP contribution >= 0.6 is 0 Å². The van der Waals surface area contributed by atoms with E-state index in [-0.39, 0.29) is 5.82 Å². The second kappa shape index (κ2) is 6.50. The molecule has 1 unspecified atom stereocenters. The van der Waals surface area contributed by atoms with Gasteiger partial charge in [0.05, 0.1) is 6.61 Å². The summed E-state index contributed by atoms with van der Waals surface area (Å²) in [7, 11) is 0. The topological polar surface area (TPSA) is 15.7 Å². The van der Waals surface area contributed by atoms with Crippen molar-refractivity contribution in [2.75, 3.05) is 39.4 Å². The lowest BCUT2D eigenvalue weighted by atomic mass is 9.77. The Bertz CT molecular complexity index is 536. The summed E-state index contributed by atoms with van der Waals surface area (Å²) in [5.74, 6) is -0.124. The van der Waals surface area contributed by atoms with E-state index in [0.29, 0.717) is 11.5 Å². The van der Waals surface area contributed by atoms with Gasteiger partial charge in [-0.05, 0) is 68.4 Å². The van der Waals surface area contributed by atoms with Gasteiger partial charge in [0.1, 0.15) is 5.82 Å². The average Bonchev–Trinajstić information content (AvgIpc) is 3.20. The van der Waals surface area contributed by atoms with Crippen molar-refractivity contribution in [2.24, 2.45) is 5.41 Å². The van der Waals surface area contributed by atoms with Crippen molar-refractivity contribution in [3.63, 3.8) is 0 Å². The van der Waals surface area contributed by atoms with E-state index in [1.807, 2.05) is 12.1 Å². The van der Waals surface area contributed by atoms with Gasteiger partial charge in [0.15, 0.2) is 0 Å². The third kappa shape index (κ3) is 3.44. The Kier molecular flexibility index (Phi) is 4.39. The molecule has 4 rings (SSSR count). The molecule has 0 radical (unpaired) electrons. The van der Waals surface area contributed by atoms with Gasteiger partial charge in [-0.1, -0.05) is 12.1 Å². The molecule has 3 aliphatic heterocycles. The van der Waals surface area contributed by atoms with Crippen LogP contribution in [0.3, 0.4) is 0 Å². The van der Waals surface area contributed by atoms with Crippen LogP contribution in [0.15, 0.2) is 24.3 Å². The van der Waals surface area contributed by atoms with Gasteiger partial charge in [-0.2, -0.15) is 0 Å². The SMILES string of the molecule is Fc1cccc(CN2CCC3(CC2)CCN(C2CCOC2)C3)c1. The lowest BCUT2D eigenvalue weighted by Crippen LogP contribution is -2.42. The van der Waals surface area contributed by atoms with Crippen molar-refractivity contribution in [1.29, 1.82) is 0 Å². The van der Waals surface area contributed by atoms with Crippen molar-refractivity contribution in [3.05, 3.63) is 35.6 Å². The van der Waals surface area contributed by atoms with Crippen molar-refractivity contribution < 1.29 is 9.13 Å². The minimum Gasteiger partial charge on any atom is -0.380 e. The second-order valence-electron chi connectivity index (χ2n) is 7.64. The molecule has 23 heavy (non-hydrogen) atoms. The number of ether oxygens (including phenoxy) is 1. The standard InChI is InChI=1S/C19H27FN2O/c20-17-3-1-2-16(12-17)13-21-8-5-19(6-9-21)7-10-22(15-19)18-4-11-23-14-18/h1-3,12,18H,4-11,13-15H2. The molecule has 0 bridgehead atoms. The highest BCUT2D eigenvalue weighted by Crippen LogP contribution is 2.41. The summed E-state index contributed by atoms with van der Waals surface area (Å²) in [6.45, 7) is 7.55. The van der Waals surface area contributed by atoms with Gasteiger partial charge in [-0.3, -0.25) is 9.80 Å². The van der Waals surface area contributed by atoms with E-state index in [4.69, 9.17) is 4.74 Å². The number of piperidine rings is 1. The fourth-order valence-corrected chi connectivity index (χ4v) is 4.58. The molecule has 1 atom stereocenters. The smallest absolute Gasteiger partial charge is 0.123 e. The zero-order valence-electron chi connectivity index (χ0n) is 13.8. The van der Waals surface area contributed by atoms with Gasteiger partial charge >= 0.3 is 0 Å². The summed E-state index contributed by atoms with van der Waals surface area (Å²) in [5, 5.41) is 0.